The Hall–Kier alpha value is 0.337. The normalized spacial score (nSPS) is 14.3. The minimum Gasteiger partial charge on any atom is -0.402 e. The number of thiocarbonyl (C=S) groups is 1. The largest absolute Gasteiger partial charge is 0.402 e. The van der Waals surface area contributed by atoms with Crippen molar-refractivity contribution in [1.29, 1.82) is 0 Å². The van der Waals surface area contributed by atoms with Crippen LogP contribution in [0, 0.1) is 5.92 Å². The van der Waals surface area contributed by atoms with Crippen LogP contribution >= 0.6 is 24.0 Å². The average Bonchev–Trinajstić information content (AvgIpc) is 2.35. The van der Waals surface area contributed by atoms with E-state index in [4.69, 9.17) is 17.0 Å². The standard InChI is InChI=1S/C10H19NOS2.C2H8O2Si/c1-3-11(4-2)10(13)14-6-5-9-7-12-8-9;1-3-5-4-2/h9H,3-8H2,1-2H3;5H2,1-2H3. The summed E-state index contributed by atoms with van der Waals surface area (Å²) in [5, 5.41) is 0. The molecule has 1 heterocycles. The number of thioether (sulfide) groups is 1. The fraction of sp³-hybridized carbons (Fsp3) is 0.917. The van der Waals surface area contributed by atoms with Crippen LogP contribution in [0.2, 0.25) is 0 Å². The highest BCUT2D eigenvalue weighted by molar-refractivity contribution is 8.22. The Balaban J connectivity index is 0.000000555. The summed E-state index contributed by atoms with van der Waals surface area (Å²) < 4.78 is 15.4. The molecule has 0 aromatic carbocycles. The molecule has 0 radical (unpaired) electrons. The van der Waals surface area contributed by atoms with Gasteiger partial charge >= 0.3 is 10.0 Å². The molecule has 114 valence electrons. The molecule has 4 nitrogen and oxygen atoms in total. The van der Waals surface area contributed by atoms with E-state index in [-0.39, 0.29) is 0 Å². The molecule has 0 aromatic rings. The molecule has 0 aliphatic carbocycles. The van der Waals surface area contributed by atoms with Crippen molar-refractivity contribution in [2.45, 2.75) is 20.3 Å². The molecule has 7 heteroatoms. The van der Waals surface area contributed by atoms with E-state index >= 15 is 0 Å². The molecule has 1 aliphatic heterocycles. The third-order valence-electron chi connectivity index (χ3n) is 2.72. The van der Waals surface area contributed by atoms with Crippen LogP contribution < -0.4 is 0 Å². The zero-order chi connectivity index (χ0) is 14.5. The van der Waals surface area contributed by atoms with Gasteiger partial charge in [0.05, 0.1) is 13.2 Å². The number of hydrogen-bond donors (Lipinski definition) is 0. The van der Waals surface area contributed by atoms with Crippen molar-refractivity contribution >= 4 is 38.3 Å². The fourth-order valence-electron chi connectivity index (χ4n) is 1.46. The first kappa shape index (κ1) is 19.3. The second kappa shape index (κ2) is 13.3. The van der Waals surface area contributed by atoms with Crippen molar-refractivity contribution in [3.05, 3.63) is 0 Å². The highest BCUT2D eigenvalue weighted by atomic mass is 32.2. The van der Waals surface area contributed by atoms with Gasteiger partial charge in [-0.25, -0.2) is 0 Å². The maximum atomic E-state index is 5.34. The Labute approximate surface area is 129 Å². The Morgan fingerprint density at radius 2 is 1.89 bits per heavy atom. The number of rotatable bonds is 7. The van der Waals surface area contributed by atoms with Crippen molar-refractivity contribution < 1.29 is 13.6 Å². The van der Waals surface area contributed by atoms with Crippen molar-refractivity contribution in [3.8, 4) is 0 Å². The molecule has 0 atom stereocenters. The number of nitrogens with zero attached hydrogens (tertiary/aromatic N) is 1. The summed E-state index contributed by atoms with van der Waals surface area (Å²) >= 11 is 7.15. The van der Waals surface area contributed by atoms with Crippen LogP contribution in [0.1, 0.15) is 20.3 Å². The Bertz CT molecular complexity index is 225. The van der Waals surface area contributed by atoms with Crippen molar-refractivity contribution in [1.82, 2.24) is 4.90 Å². The molecule has 1 fully saturated rings. The van der Waals surface area contributed by atoms with Crippen LogP contribution in [0.3, 0.4) is 0 Å². The molecule has 1 rings (SSSR count). The molecule has 0 unspecified atom stereocenters. The third-order valence-corrected chi connectivity index (χ3v) is 4.74. The molecular weight excluding hydrogens is 298 g/mol. The number of hydrogen-bond acceptors (Lipinski definition) is 5. The predicted octanol–water partition coefficient (Wildman–Crippen LogP) is 1.66. The van der Waals surface area contributed by atoms with Crippen LogP contribution in [-0.4, -0.2) is 65.5 Å². The van der Waals surface area contributed by atoms with E-state index in [1.807, 2.05) is 11.8 Å². The maximum absolute atomic E-state index is 5.34. The van der Waals surface area contributed by atoms with Gasteiger partial charge in [0, 0.05) is 39.0 Å². The summed E-state index contributed by atoms with van der Waals surface area (Å²) in [6.07, 6.45) is 1.24. The fourth-order valence-corrected chi connectivity index (χ4v) is 3.27. The summed E-state index contributed by atoms with van der Waals surface area (Å²) in [5.41, 5.74) is 0. The molecular formula is C12H27NO3S2Si. The van der Waals surface area contributed by atoms with Gasteiger partial charge in [0.25, 0.3) is 0 Å². The van der Waals surface area contributed by atoms with Crippen LogP contribution in [0.4, 0.5) is 0 Å². The maximum Gasteiger partial charge on any atom is 0.303 e. The van der Waals surface area contributed by atoms with E-state index in [0.717, 1.165) is 42.3 Å². The van der Waals surface area contributed by atoms with E-state index < -0.39 is 10.0 Å². The van der Waals surface area contributed by atoms with Gasteiger partial charge in [0.15, 0.2) is 0 Å². The first-order chi connectivity index (χ1) is 9.19. The second-order valence-corrected chi connectivity index (χ2v) is 7.29. The molecule has 0 saturated carbocycles. The Morgan fingerprint density at radius 1 is 1.32 bits per heavy atom. The third kappa shape index (κ3) is 9.81. The van der Waals surface area contributed by atoms with E-state index in [1.165, 1.54) is 6.42 Å². The smallest absolute Gasteiger partial charge is 0.303 e. The van der Waals surface area contributed by atoms with Gasteiger partial charge in [-0.3, -0.25) is 0 Å². The van der Waals surface area contributed by atoms with E-state index in [9.17, 15) is 0 Å². The molecule has 0 amide bonds. The first-order valence-electron chi connectivity index (χ1n) is 6.66. The highest BCUT2D eigenvalue weighted by Crippen LogP contribution is 2.19. The zero-order valence-corrected chi connectivity index (χ0v) is 15.6. The van der Waals surface area contributed by atoms with Crippen molar-refractivity contribution in [2.75, 3.05) is 46.3 Å². The van der Waals surface area contributed by atoms with Crippen LogP contribution in [0.25, 0.3) is 0 Å². The predicted molar refractivity (Wildman–Crippen MR) is 89.5 cm³/mol. The summed E-state index contributed by atoms with van der Waals surface area (Å²) in [6.45, 7) is 8.26. The lowest BCUT2D eigenvalue weighted by Crippen LogP contribution is -2.29. The minimum atomic E-state index is -0.568. The van der Waals surface area contributed by atoms with Gasteiger partial charge in [0.2, 0.25) is 0 Å². The lowest BCUT2D eigenvalue weighted by atomic mass is 10.1. The topological polar surface area (TPSA) is 30.9 Å². The van der Waals surface area contributed by atoms with Crippen LogP contribution in [-0.2, 0) is 13.6 Å². The van der Waals surface area contributed by atoms with Gasteiger partial charge in [-0.2, -0.15) is 0 Å². The lowest BCUT2D eigenvalue weighted by Gasteiger charge is -2.26. The SMILES string of the molecule is CCN(CC)C(=S)SCCC1COC1.CO[SiH2]OC. The van der Waals surface area contributed by atoms with Gasteiger partial charge in [0.1, 0.15) is 4.32 Å². The number of ether oxygens (including phenoxy) is 1. The molecule has 0 N–H and O–H groups in total. The summed E-state index contributed by atoms with van der Waals surface area (Å²) in [4.78, 5) is 2.23. The van der Waals surface area contributed by atoms with Gasteiger partial charge in [-0.15, -0.1) is 0 Å². The quantitative estimate of drug-likeness (QED) is 0.523. The van der Waals surface area contributed by atoms with E-state index in [2.05, 4.69) is 27.6 Å². The van der Waals surface area contributed by atoms with Gasteiger partial charge in [-0.1, -0.05) is 24.0 Å². The molecule has 0 bridgehead atoms. The van der Waals surface area contributed by atoms with Gasteiger partial charge < -0.3 is 18.5 Å². The Kier molecular flexibility index (Phi) is 13.6. The first-order valence-corrected chi connectivity index (χ1v) is 9.21. The molecule has 19 heavy (non-hydrogen) atoms. The van der Waals surface area contributed by atoms with Crippen LogP contribution in [0.5, 0.6) is 0 Å². The molecule has 1 aliphatic rings. The molecule has 0 spiro atoms. The van der Waals surface area contributed by atoms with Crippen LogP contribution in [0.15, 0.2) is 0 Å². The van der Waals surface area contributed by atoms with Crippen molar-refractivity contribution in [3.63, 3.8) is 0 Å². The summed E-state index contributed by atoms with van der Waals surface area (Å²) in [5.74, 6) is 1.94. The highest BCUT2D eigenvalue weighted by Gasteiger charge is 2.18. The minimum absolute atomic E-state index is 0.568. The van der Waals surface area contributed by atoms with E-state index in [1.54, 1.807) is 14.2 Å². The zero-order valence-electron chi connectivity index (χ0n) is 12.5. The Morgan fingerprint density at radius 3 is 2.21 bits per heavy atom. The summed E-state index contributed by atoms with van der Waals surface area (Å²) in [7, 11) is 2.73. The van der Waals surface area contributed by atoms with Crippen molar-refractivity contribution in [2.24, 2.45) is 5.92 Å². The second-order valence-electron chi connectivity index (χ2n) is 4.17. The van der Waals surface area contributed by atoms with E-state index in [0.29, 0.717) is 0 Å². The van der Waals surface area contributed by atoms with Gasteiger partial charge in [-0.05, 0) is 20.3 Å². The average molecular weight is 326 g/mol. The lowest BCUT2D eigenvalue weighted by molar-refractivity contribution is -0.0325. The monoisotopic (exact) mass is 325 g/mol. The molecule has 0 aromatic heterocycles. The summed E-state index contributed by atoms with van der Waals surface area (Å²) in [6, 6.07) is 0. The molecule has 1 saturated heterocycles.